The minimum absolute atomic E-state index is 0.149. The molecule has 3 rings (SSSR count). The molecule has 3 heteroatoms. The van der Waals surface area contributed by atoms with Crippen molar-refractivity contribution in [2.45, 2.75) is 112 Å². The van der Waals surface area contributed by atoms with Crippen molar-refractivity contribution in [2.24, 2.45) is 16.3 Å². The zero-order valence-electron chi connectivity index (χ0n) is 30.6. The van der Waals surface area contributed by atoms with Crippen LogP contribution in [0, 0.1) is 11.3 Å². The number of benzene rings is 1. The maximum absolute atomic E-state index is 12.4. The van der Waals surface area contributed by atoms with Crippen LogP contribution in [0.3, 0.4) is 0 Å². The second-order valence-corrected chi connectivity index (χ2v) is 14.3. The first-order valence-electron chi connectivity index (χ1n) is 18.1. The van der Waals surface area contributed by atoms with Gasteiger partial charge < -0.3 is 4.90 Å². The molecule has 0 heterocycles. The van der Waals surface area contributed by atoms with Crippen molar-refractivity contribution in [3.8, 4) is 0 Å². The number of hydrogen-bond acceptors (Lipinski definition) is 3. The summed E-state index contributed by atoms with van der Waals surface area (Å²) < 4.78 is 0. The Balaban J connectivity index is 1.74. The van der Waals surface area contributed by atoms with Crippen LogP contribution in [-0.2, 0) is 11.2 Å². The highest BCUT2D eigenvalue weighted by molar-refractivity contribution is 5.85. The average Bonchev–Trinajstić information content (AvgIpc) is 3.91. The minimum Gasteiger partial charge on any atom is -0.371 e. The van der Waals surface area contributed by atoms with E-state index in [2.05, 4.69) is 113 Å². The molecule has 1 fully saturated rings. The van der Waals surface area contributed by atoms with Crippen molar-refractivity contribution in [3.63, 3.8) is 0 Å². The van der Waals surface area contributed by atoms with Crippen LogP contribution in [0.5, 0.6) is 0 Å². The van der Waals surface area contributed by atoms with E-state index in [1.807, 2.05) is 13.3 Å². The van der Waals surface area contributed by atoms with Crippen LogP contribution in [0.15, 0.2) is 107 Å². The quantitative estimate of drug-likeness (QED) is 0.0995. The number of hydrogen-bond donors (Lipinski definition) is 0. The summed E-state index contributed by atoms with van der Waals surface area (Å²) in [4.78, 5) is 19.1. The lowest BCUT2D eigenvalue weighted by molar-refractivity contribution is -0.119. The Kier molecular flexibility index (Phi) is 15.2. The van der Waals surface area contributed by atoms with Gasteiger partial charge in [-0.2, -0.15) is 0 Å². The highest BCUT2D eigenvalue weighted by Gasteiger charge is 2.29. The summed E-state index contributed by atoms with van der Waals surface area (Å²) in [6, 6.07) is 9.14. The summed E-state index contributed by atoms with van der Waals surface area (Å²) >= 11 is 0. The Hall–Kier alpha value is -3.46. The van der Waals surface area contributed by atoms with Gasteiger partial charge in [0.15, 0.2) is 0 Å². The fourth-order valence-corrected chi connectivity index (χ4v) is 6.33. The van der Waals surface area contributed by atoms with Gasteiger partial charge in [-0.3, -0.25) is 9.79 Å². The number of nitrogens with zero attached hydrogens (tertiary/aromatic N) is 2. The molecule has 1 aromatic carbocycles. The molecule has 47 heavy (non-hydrogen) atoms. The third-order valence-electron chi connectivity index (χ3n) is 9.72. The summed E-state index contributed by atoms with van der Waals surface area (Å²) in [5.74, 6) is 0.658. The van der Waals surface area contributed by atoms with Gasteiger partial charge in [-0.05, 0) is 104 Å². The Morgan fingerprint density at radius 1 is 1.00 bits per heavy atom. The predicted molar refractivity (Wildman–Crippen MR) is 206 cm³/mol. The number of carbonyl (C=O) groups excluding carboxylic acids is 1. The normalized spacial score (nSPS) is 15.9. The van der Waals surface area contributed by atoms with E-state index >= 15 is 0 Å². The van der Waals surface area contributed by atoms with Crippen LogP contribution >= 0.6 is 0 Å². The molecule has 0 aromatic heterocycles. The van der Waals surface area contributed by atoms with E-state index < -0.39 is 0 Å². The van der Waals surface area contributed by atoms with E-state index in [0.29, 0.717) is 12.2 Å². The first-order valence-corrected chi connectivity index (χ1v) is 18.1. The molecular formula is C44H62N2O. The third kappa shape index (κ3) is 12.3. The first-order chi connectivity index (χ1) is 22.5. The van der Waals surface area contributed by atoms with Gasteiger partial charge in [-0.1, -0.05) is 119 Å². The van der Waals surface area contributed by atoms with E-state index in [1.165, 1.54) is 40.0 Å². The second kappa shape index (κ2) is 18.8. The minimum atomic E-state index is 0.149. The maximum Gasteiger partial charge on any atom is 0.139 e. The van der Waals surface area contributed by atoms with Crippen molar-refractivity contribution in [1.82, 2.24) is 4.90 Å². The van der Waals surface area contributed by atoms with Gasteiger partial charge in [0.05, 0.1) is 0 Å². The van der Waals surface area contributed by atoms with Crippen molar-refractivity contribution in [1.29, 1.82) is 0 Å². The molecule has 0 saturated heterocycles. The largest absolute Gasteiger partial charge is 0.371 e. The summed E-state index contributed by atoms with van der Waals surface area (Å²) in [6.07, 6.45) is 23.0. The van der Waals surface area contributed by atoms with Crippen LogP contribution in [0.25, 0.3) is 5.57 Å². The Labute approximate surface area is 287 Å². The molecule has 0 amide bonds. The Morgan fingerprint density at radius 2 is 1.72 bits per heavy atom. The van der Waals surface area contributed by atoms with Gasteiger partial charge in [0.25, 0.3) is 0 Å². The molecule has 2 aliphatic carbocycles. The molecule has 0 N–H and O–H groups in total. The van der Waals surface area contributed by atoms with Crippen molar-refractivity contribution >= 4 is 17.6 Å². The van der Waals surface area contributed by atoms with Gasteiger partial charge in [-0.25, -0.2) is 0 Å². The number of aryl methyl sites for hydroxylation is 1. The van der Waals surface area contributed by atoms with Gasteiger partial charge in [-0.15, -0.1) is 0 Å². The lowest BCUT2D eigenvalue weighted by atomic mass is 9.80. The highest BCUT2D eigenvalue weighted by Crippen LogP contribution is 2.35. The van der Waals surface area contributed by atoms with Crippen LogP contribution < -0.4 is 0 Å². The second-order valence-electron chi connectivity index (χ2n) is 14.3. The molecule has 3 nitrogen and oxygen atoms in total. The lowest BCUT2D eigenvalue weighted by Crippen LogP contribution is -2.27. The van der Waals surface area contributed by atoms with Gasteiger partial charge in [0.2, 0.25) is 0 Å². The van der Waals surface area contributed by atoms with Gasteiger partial charge in [0, 0.05) is 44.4 Å². The molecular weight excluding hydrogens is 572 g/mol. The van der Waals surface area contributed by atoms with E-state index in [4.69, 9.17) is 0 Å². The Morgan fingerprint density at radius 3 is 2.34 bits per heavy atom. The van der Waals surface area contributed by atoms with Gasteiger partial charge in [0.1, 0.15) is 5.78 Å². The van der Waals surface area contributed by atoms with Crippen LogP contribution in [-0.4, -0.2) is 37.0 Å². The molecule has 0 bridgehead atoms. The molecule has 254 valence electrons. The van der Waals surface area contributed by atoms with E-state index in [0.717, 1.165) is 88.4 Å². The number of carbonyl (C=O) groups is 1. The highest BCUT2D eigenvalue weighted by atomic mass is 16.1. The Bertz CT molecular complexity index is 1400. The van der Waals surface area contributed by atoms with Crippen molar-refractivity contribution in [2.75, 3.05) is 20.1 Å². The summed E-state index contributed by atoms with van der Waals surface area (Å²) in [5.41, 5.74) is 11.4. The third-order valence-corrected chi connectivity index (χ3v) is 9.72. The summed E-state index contributed by atoms with van der Waals surface area (Å²) in [6.45, 7) is 26.1. The van der Waals surface area contributed by atoms with Gasteiger partial charge >= 0.3 is 0 Å². The number of Topliss-reactive ketones (excluding diaryl/α,β-unsaturated/α-hetero) is 1. The monoisotopic (exact) mass is 634 g/mol. The van der Waals surface area contributed by atoms with Crippen molar-refractivity contribution < 1.29 is 4.79 Å². The van der Waals surface area contributed by atoms with Crippen LogP contribution in [0.1, 0.15) is 116 Å². The lowest BCUT2D eigenvalue weighted by Gasteiger charge is -2.31. The van der Waals surface area contributed by atoms with Crippen LogP contribution in [0.4, 0.5) is 0 Å². The molecule has 0 radical (unpaired) electrons. The molecule has 0 aliphatic heterocycles. The smallest absolute Gasteiger partial charge is 0.139 e. The standard InChI is InChI=1S/C44H62N2O/c1-10-13-36(22-25-44(7,8)35(6)12-3)14-15-37-16-18-38(19-17-37)40-29-34(5)30-41(32-40)42(23-26-45-9)46(27-11-2)28-24-33(4)31-43(47)39-20-21-39/h16-19,22-23,26,29,32,39H,4-6,10-15,20-21,24-25,27-28,30-31H2,1-3,7-9H3/b36-22+,42-23+,45-26-. The maximum atomic E-state index is 12.4. The number of allylic oxidation sites excluding steroid dienone is 9. The van der Waals surface area contributed by atoms with E-state index in [-0.39, 0.29) is 11.3 Å². The van der Waals surface area contributed by atoms with E-state index in [1.54, 1.807) is 5.57 Å². The zero-order chi connectivity index (χ0) is 34.4. The molecule has 1 aromatic rings. The molecule has 1 saturated carbocycles. The number of rotatable bonds is 21. The fourth-order valence-electron chi connectivity index (χ4n) is 6.33. The number of aliphatic imine (C=N–C) groups is 1. The first kappa shape index (κ1) is 38.0. The van der Waals surface area contributed by atoms with E-state index in [9.17, 15) is 4.79 Å². The topological polar surface area (TPSA) is 32.7 Å². The SMILES string of the molecule is C=C1C=C(c2ccc(CC/C(=C/CC(C)(C)C(=C)CC)CCC)cc2)C=C(/C(=C\C=N/C)N(CCC)CCC(=C)CC(=O)C2CC2)C1. The number of ketones is 1. The molecule has 0 unspecified atom stereocenters. The van der Waals surface area contributed by atoms with Crippen molar-refractivity contribution in [3.05, 3.63) is 113 Å². The molecule has 0 atom stereocenters. The predicted octanol–water partition coefficient (Wildman–Crippen LogP) is 11.6. The fraction of sp³-hybridized carbons (Fsp3) is 0.500. The summed E-state index contributed by atoms with van der Waals surface area (Å²) in [7, 11) is 1.82. The molecule has 0 spiro atoms. The molecule has 2 aliphatic rings. The van der Waals surface area contributed by atoms with Crippen LogP contribution in [0.2, 0.25) is 0 Å². The zero-order valence-corrected chi connectivity index (χ0v) is 30.6. The average molecular weight is 635 g/mol. The summed E-state index contributed by atoms with van der Waals surface area (Å²) in [5, 5.41) is 0.